The Morgan fingerprint density at radius 1 is 1.45 bits per heavy atom. The summed E-state index contributed by atoms with van der Waals surface area (Å²) in [7, 11) is 3.46. The van der Waals surface area contributed by atoms with E-state index in [1.807, 2.05) is 31.3 Å². The molecule has 2 amide bonds. The lowest BCUT2D eigenvalue weighted by atomic mass is 9.98. The Hall–Kier alpha value is -1.75. The number of carbonyl (C=O) groups excluding carboxylic acids is 1. The van der Waals surface area contributed by atoms with E-state index in [4.69, 9.17) is 4.74 Å². The van der Waals surface area contributed by atoms with Gasteiger partial charge in [0.25, 0.3) is 0 Å². The van der Waals surface area contributed by atoms with Crippen LogP contribution in [0.15, 0.2) is 24.3 Å². The number of anilines is 1. The summed E-state index contributed by atoms with van der Waals surface area (Å²) in [4.78, 5) is 13.9. The molecule has 5 heteroatoms. The molecule has 0 unspecified atom stereocenters. The first-order valence-electron chi connectivity index (χ1n) is 7.06. The van der Waals surface area contributed by atoms with E-state index in [0.717, 1.165) is 43.9 Å². The highest BCUT2D eigenvalue weighted by atomic mass is 16.5. The van der Waals surface area contributed by atoms with Gasteiger partial charge in [-0.15, -0.1) is 0 Å². The zero-order valence-electron chi connectivity index (χ0n) is 12.2. The first kappa shape index (κ1) is 14.7. The van der Waals surface area contributed by atoms with Crippen LogP contribution in [-0.2, 0) is 0 Å². The van der Waals surface area contributed by atoms with Crippen LogP contribution in [0.3, 0.4) is 0 Å². The number of ether oxygens (including phenoxy) is 1. The topological polar surface area (TPSA) is 53.6 Å². The molecule has 5 nitrogen and oxygen atoms in total. The van der Waals surface area contributed by atoms with Crippen molar-refractivity contribution in [2.45, 2.75) is 12.8 Å². The minimum absolute atomic E-state index is 0.0724. The average molecular weight is 277 g/mol. The summed E-state index contributed by atoms with van der Waals surface area (Å²) < 4.78 is 5.15. The fourth-order valence-corrected chi connectivity index (χ4v) is 2.45. The monoisotopic (exact) mass is 277 g/mol. The largest absolute Gasteiger partial charge is 0.497 e. The summed E-state index contributed by atoms with van der Waals surface area (Å²) in [6, 6.07) is 7.32. The van der Waals surface area contributed by atoms with Crippen molar-refractivity contribution in [1.82, 2.24) is 10.2 Å². The Bertz CT molecular complexity index is 444. The molecule has 2 rings (SSSR count). The van der Waals surface area contributed by atoms with E-state index in [2.05, 4.69) is 10.6 Å². The number of benzene rings is 1. The number of nitrogens with one attached hydrogen (secondary N) is 2. The molecule has 110 valence electrons. The summed E-state index contributed by atoms with van der Waals surface area (Å²) in [5.74, 6) is 1.33. The van der Waals surface area contributed by atoms with Gasteiger partial charge in [-0.05, 0) is 44.0 Å². The lowest BCUT2D eigenvalue weighted by molar-refractivity contribution is 0.206. The Morgan fingerprint density at radius 2 is 2.20 bits per heavy atom. The van der Waals surface area contributed by atoms with Crippen molar-refractivity contribution in [3.05, 3.63) is 24.3 Å². The number of nitrogens with zero attached hydrogens (tertiary/aromatic N) is 1. The first-order valence-corrected chi connectivity index (χ1v) is 7.06. The van der Waals surface area contributed by atoms with Crippen LogP contribution in [0, 0.1) is 5.92 Å². The molecule has 0 bridgehead atoms. The van der Waals surface area contributed by atoms with Crippen LogP contribution in [-0.4, -0.2) is 44.7 Å². The number of piperidine rings is 1. The minimum atomic E-state index is -0.0724. The molecule has 2 N–H and O–H groups in total. The molecule has 0 spiro atoms. The van der Waals surface area contributed by atoms with E-state index in [9.17, 15) is 4.79 Å². The van der Waals surface area contributed by atoms with Gasteiger partial charge in [0.15, 0.2) is 0 Å². The maximum Gasteiger partial charge on any atom is 0.321 e. The molecule has 0 aliphatic carbocycles. The summed E-state index contributed by atoms with van der Waals surface area (Å²) in [6.45, 7) is 2.91. The third kappa shape index (κ3) is 4.13. The molecular formula is C15H23N3O2. The molecule has 1 heterocycles. The Balaban J connectivity index is 1.86. The highest BCUT2D eigenvalue weighted by molar-refractivity contribution is 5.89. The number of methoxy groups -OCH3 is 1. The number of amides is 2. The van der Waals surface area contributed by atoms with Crippen molar-refractivity contribution in [2.75, 3.05) is 39.1 Å². The third-order valence-corrected chi connectivity index (χ3v) is 3.66. The van der Waals surface area contributed by atoms with Gasteiger partial charge in [-0.25, -0.2) is 4.79 Å². The molecule has 1 fully saturated rings. The molecule has 1 aromatic rings. The summed E-state index contributed by atoms with van der Waals surface area (Å²) in [6.07, 6.45) is 2.27. The van der Waals surface area contributed by atoms with Gasteiger partial charge >= 0.3 is 6.03 Å². The van der Waals surface area contributed by atoms with Crippen LogP contribution in [0.2, 0.25) is 0 Å². The van der Waals surface area contributed by atoms with Crippen LogP contribution in [0.4, 0.5) is 10.5 Å². The predicted molar refractivity (Wildman–Crippen MR) is 80.2 cm³/mol. The van der Waals surface area contributed by atoms with E-state index in [0.29, 0.717) is 5.92 Å². The first-order chi connectivity index (χ1) is 9.69. The molecule has 0 saturated carbocycles. The number of urea groups is 1. The second-order valence-electron chi connectivity index (χ2n) is 5.24. The SMILES string of the molecule is COc1cccc(NC(=O)N(C)CC2CCNCC2)c1. The zero-order valence-corrected chi connectivity index (χ0v) is 12.2. The highest BCUT2D eigenvalue weighted by Crippen LogP contribution is 2.18. The standard InChI is InChI=1S/C15H23N3O2/c1-18(11-12-6-8-16-9-7-12)15(19)17-13-4-3-5-14(10-13)20-2/h3-5,10,12,16H,6-9,11H2,1-2H3,(H,17,19). The molecular weight excluding hydrogens is 254 g/mol. The number of rotatable bonds is 4. The maximum atomic E-state index is 12.1. The maximum absolute atomic E-state index is 12.1. The summed E-state index contributed by atoms with van der Waals surface area (Å²) in [5, 5.41) is 6.23. The molecule has 0 atom stereocenters. The molecule has 0 radical (unpaired) electrons. The van der Waals surface area contributed by atoms with Crippen molar-refractivity contribution in [3.8, 4) is 5.75 Å². The normalized spacial score (nSPS) is 15.7. The van der Waals surface area contributed by atoms with E-state index in [1.165, 1.54) is 0 Å². The fraction of sp³-hybridized carbons (Fsp3) is 0.533. The number of carbonyl (C=O) groups is 1. The Morgan fingerprint density at radius 3 is 2.90 bits per heavy atom. The van der Waals surface area contributed by atoms with Crippen LogP contribution < -0.4 is 15.4 Å². The van der Waals surface area contributed by atoms with Gasteiger partial charge in [0, 0.05) is 25.3 Å². The van der Waals surface area contributed by atoms with Gasteiger partial charge in [0.05, 0.1) is 7.11 Å². The van der Waals surface area contributed by atoms with Gasteiger partial charge in [-0.2, -0.15) is 0 Å². The second-order valence-corrected chi connectivity index (χ2v) is 5.24. The van der Waals surface area contributed by atoms with Crippen molar-refractivity contribution < 1.29 is 9.53 Å². The van der Waals surface area contributed by atoms with Crippen LogP contribution >= 0.6 is 0 Å². The van der Waals surface area contributed by atoms with E-state index in [1.54, 1.807) is 12.0 Å². The van der Waals surface area contributed by atoms with E-state index >= 15 is 0 Å². The molecule has 0 aromatic heterocycles. The molecule has 20 heavy (non-hydrogen) atoms. The van der Waals surface area contributed by atoms with Gasteiger partial charge in [0.1, 0.15) is 5.75 Å². The molecule has 1 aliphatic heterocycles. The molecule has 1 saturated heterocycles. The lowest BCUT2D eigenvalue weighted by Crippen LogP contribution is -2.39. The third-order valence-electron chi connectivity index (χ3n) is 3.66. The molecule has 1 aromatic carbocycles. The Kier molecular flexibility index (Phi) is 5.24. The highest BCUT2D eigenvalue weighted by Gasteiger charge is 2.18. The quantitative estimate of drug-likeness (QED) is 0.886. The Labute approximate surface area is 120 Å². The van der Waals surface area contributed by atoms with E-state index in [-0.39, 0.29) is 6.03 Å². The zero-order chi connectivity index (χ0) is 14.4. The summed E-state index contributed by atoms with van der Waals surface area (Å²) >= 11 is 0. The average Bonchev–Trinajstić information content (AvgIpc) is 2.48. The number of hydrogen-bond acceptors (Lipinski definition) is 3. The van der Waals surface area contributed by atoms with Crippen LogP contribution in [0.25, 0.3) is 0 Å². The van der Waals surface area contributed by atoms with Gasteiger partial charge < -0.3 is 20.3 Å². The van der Waals surface area contributed by atoms with Crippen molar-refractivity contribution >= 4 is 11.7 Å². The second kappa shape index (κ2) is 7.14. The van der Waals surface area contributed by atoms with Crippen LogP contribution in [0.1, 0.15) is 12.8 Å². The fourth-order valence-electron chi connectivity index (χ4n) is 2.45. The number of hydrogen-bond donors (Lipinski definition) is 2. The van der Waals surface area contributed by atoms with Gasteiger partial charge in [-0.1, -0.05) is 6.07 Å². The van der Waals surface area contributed by atoms with Gasteiger partial charge in [0.2, 0.25) is 0 Å². The van der Waals surface area contributed by atoms with Gasteiger partial charge in [-0.3, -0.25) is 0 Å². The lowest BCUT2D eigenvalue weighted by Gasteiger charge is -2.27. The summed E-state index contributed by atoms with van der Waals surface area (Å²) in [5.41, 5.74) is 0.756. The van der Waals surface area contributed by atoms with Crippen molar-refractivity contribution in [1.29, 1.82) is 0 Å². The van der Waals surface area contributed by atoms with Crippen molar-refractivity contribution in [2.24, 2.45) is 5.92 Å². The van der Waals surface area contributed by atoms with E-state index < -0.39 is 0 Å². The van der Waals surface area contributed by atoms with Crippen LogP contribution in [0.5, 0.6) is 5.75 Å². The van der Waals surface area contributed by atoms with Crippen molar-refractivity contribution in [3.63, 3.8) is 0 Å². The smallest absolute Gasteiger partial charge is 0.321 e. The predicted octanol–water partition coefficient (Wildman–Crippen LogP) is 2.16. The minimum Gasteiger partial charge on any atom is -0.497 e. The molecule has 1 aliphatic rings.